The molecule has 3 aliphatic heterocycles. The molecule has 3 aliphatic rings. The van der Waals surface area contributed by atoms with Gasteiger partial charge in [0.15, 0.2) is 0 Å². The predicted molar refractivity (Wildman–Crippen MR) is 45.1 cm³/mol. The topological polar surface area (TPSA) is 35.5 Å². The van der Waals surface area contributed by atoms with Crippen LogP contribution in [0.3, 0.4) is 0 Å². The summed E-state index contributed by atoms with van der Waals surface area (Å²) < 4.78 is 11.0. The average molecular weight is 182 g/mol. The highest BCUT2D eigenvalue weighted by Crippen LogP contribution is 2.61. The van der Waals surface area contributed by atoms with Crippen LogP contribution in [0.1, 0.15) is 26.7 Å². The molecule has 0 aliphatic carbocycles. The number of hydrogen-bond donors (Lipinski definition) is 0. The molecule has 13 heavy (non-hydrogen) atoms. The maximum absolute atomic E-state index is 11.7. The minimum Gasteiger partial charge on any atom is -0.465 e. The largest absolute Gasteiger partial charge is 0.465 e. The minimum absolute atomic E-state index is 0.0535. The molecule has 0 N–H and O–H groups in total. The molecule has 0 radical (unpaired) electrons. The van der Waals surface area contributed by atoms with Crippen molar-refractivity contribution in [3.63, 3.8) is 0 Å². The predicted octanol–water partition coefficient (Wildman–Crippen LogP) is 1.12. The minimum atomic E-state index is -0.365. The van der Waals surface area contributed by atoms with Crippen LogP contribution in [0.5, 0.6) is 0 Å². The Morgan fingerprint density at radius 3 is 2.92 bits per heavy atom. The van der Waals surface area contributed by atoms with Crippen LogP contribution in [0.25, 0.3) is 0 Å². The van der Waals surface area contributed by atoms with E-state index in [9.17, 15) is 4.79 Å². The molecule has 3 heterocycles. The van der Waals surface area contributed by atoms with Crippen molar-refractivity contribution in [1.29, 1.82) is 0 Å². The molecule has 3 fully saturated rings. The highest BCUT2D eigenvalue weighted by Gasteiger charge is 2.71. The van der Waals surface area contributed by atoms with E-state index in [-0.39, 0.29) is 23.1 Å². The first-order valence-electron chi connectivity index (χ1n) is 4.93. The monoisotopic (exact) mass is 182 g/mol. The van der Waals surface area contributed by atoms with Crippen LogP contribution in [0, 0.1) is 11.3 Å². The fourth-order valence-electron chi connectivity index (χ4n) is 3.26. The Bertz CT molecular complexity index is 288. The Labute approximate surface area is 77.4 Å². The zero-order chi connectivity index (χ0) is 9.27. The fourth-order valence-corrected chi connectivity index (χ4v) is 3.26. The molecule has 3 nitrogen and oxygen atoms in total. The van der Waals surface area contributed by atoms with Crippen molar-refractivity contribution in [2.75, 3.05) is 6.61 Å². The lowest BCUT2D eigenvalue weighted by atomic mass is 9.63. The van der Waals surface area contributed by atoms with Gasteiger partial charge < -0.3 is 9.47 Å². The first kappa shape index (κ1) is 7.80. The molecule has 0 unspecified atom stereocenters. The lowest BCUT2D eigenvalue weighted by molar-refractivity contribution is -0.155. The van der Waals surface area contributed by atoms with Crippen LogP contribution < -0.4 is 0 Å². The molecule has 72 valence electrons. The SMILES string of the molecule is C[C@]12C(=O)OC[C@@H]1[C@@H]1CC[C@]2(C)O1. The van der Waals surface area contributed by atoms with Gasteiger partial charge in [0.25, 0.3) is 0 Å². The highest BCUT2D eigenvalue weighted by atomic mass is 16.6. The maximum atomic E-state index is 11.7. The number of hydrogen-bond acceptors (Lipinski definition) is 3. The van der Waals surface area contributed by atoms with E-state index in [1.807, 2.05) is 6.92 Å². The van der Waals surface area contributed by atoms with Gasteiger partial charge in [0.05, 0.1) is 18.3 Å². The molecule has 0 aromatic rings. The molecule has 3 saturated heterocycles. The van der Waals surface area contributed by atoms with E-state index < -0.39 is 0 Å². The number of cyclic esters (lactones) is 1. The highest BCUT2D eigenvalue weighted by molar-refractivity contribution is 5.81. The quantitative estimate of drug-likeness (QED) is 0.526. The van der Waals surface area contributed by atoms with Crippen molar-refractivity contribution in [1.82, 2.24) is 0 Å². The standard InChI is InChI=1S/C10H14O3/c1-9-4-3-7(13-9)6-5-12-8(11)10(6,9)2/h6-7H,3-5H2,1-2H3/t6-,7+,9+,10-/m1/s1. The van der Waals surface area contributed by atoms with Crippen molar-refractivity contribution < 1.29 is 14.3 Å². The van der Waals surface area contributed by atoms with E-state index in [0.717, 1.165) is 12.8 Å². The van der Waals surface area contributed by atoms with E-state index in [2.05, 4.69) is 6.92 Å². The Morgan fingerprint density at radius 2 is 2.23 bits per heavy atom. The van der Waals surface area contributed by atoms with Crippen LogP contribution >= 0.6 is 0 Å². The van der Waals surface area contributed by atoms with E-state index in [1.54, 1.807) is 0 Å². The summed E-state index contributed by atoms with van der Waals surface area (Å²) >= 11 is 0. The van der Waals surface area contributed by atoms with Crippen LogP contribution in [-0.4, -0.2) is 24.3 Å². The smallest absolute Gasteiger partial charge is 0.315 e. The third-order valence-corrected chi connectivity index (χ3v) is 4.42. The Hall–Kier alpha value is -0.570. The second-order valence-electron chi connectivity index (χ2n) is 4.83. The van der Waals surface area contributed by atoms with Gasteiger partial charge in [0.2, 0.25) is 0 Å². The summed E-state index contributed by atoms with van der Waals surface area (Å²) in [6.07, 6.45) is 2.36. The third kappa shape index (κ3) is 0.622. The molecule has 0 amide bonds. The van der Waals surface area contributed by atoms with Gasteiger partial charge in [-0.3, -0.25) is 4.79 Å². The van der Waals surface area contributed by atoms with Gasteiger partial charge in [-0.25, -0.2) is 0 Å². The summed E-state index contributed by atoms with van der Waals surface area (Å²) in [4.78, 5) is 11.7. The molecule has 3 heteroatoms. The summed E-state index contributed by atoms with van der Waals surface area (Å²) in [5.74, 6) is 0.251. The van der Waals surface area contributed by atoms with Crippen LogP contribution in [-0.2, 0) is 14.3 Å². The van der Waals surface area contributed by atoms with Gasteiger partial charge in [-0.05, 0) is 26.7 Å². The van der Waals surface area contributed by atoms with Crippen molar-refractivity contribution in [3.05, 3.63) is 0 Å². The molecule has 4 atom stereocenters. The van der Waals surface area contributed by atoms with E-state index in [1.165, 1.54) is 0 Å². The van der Waals surface area contributed by atoms with E-state index >= 15 is 0 Å². The zero-order valence-electron chi connectivity index (χ0n) is 8.00. The lowest BCUT2D eigenvalue weighted by Crippen LogP contribution is -2.47. The fraction of sp³-hybridized carbons (Fsp3) is 0.900. The number of rotatable bonds is 0. The van der Waals surface area contributed by atoms with Gasteiger partial charge >= 0.3 is 5.97 Å². The van der Waals surface area contributed by atoms with Gasteiger partial charge in [-0.15, -0.1) is 0 Å². The molecule has 3 rings (SSSR count). The van der Waals surface area contributed by atoms with E-state index in [4.69, 9.17) is 9.47 Å². The van der Waals surface area contributed by atoms with Crippen LogP contribution in [0.2, 0.25) is 0 Å². The molecule has 0 aromatic carbocycles. The maximum Gasteiger partial charge on any atom is 0.315 e. The average Bonchev–Trinajstić information content (AvgIpc) is 2.64. The van der Waals surface area contributed by atoms with Crippen LogP contribution in [0.15, 0.2) is 0 Å². The van der Waals surface area contributed by atoms with Crippen molar-refractivity contribution in [3.8, 4) is 0 Å². The Kier molecular flexibility index (Phi) is 1.15. The summed E-state index contributed by atoms with van der Waals surface area (Å²) in [5, 5.41) is 0. The van der Waals surface area contributed by atoms with Gasteiger partial charge in [-0.1, -0.05) is 0 Å². The number of carbonyl (C=O) groups is 1. The zero-order valence-corrected chi connectivity index (χ0v) is 8.00. The first-order chi connectivity index (χ1) is 6.08. The van der Waals surface area contributed by atoms with Gasteiger partial charge in [0, 0.05) is 5.92 Å². The first-order valence-corrected chi connectivity index (χ1v) is 4.93. The van der Waals surface area contributed by atoms with Crippen molar-refractivity contribution >= 4 is 5.97 Å². The number of fused-ring (bicyclic) bond motifs is 5. The lowest BCUT2D eigenvalue weighted by Gasteiger charge is -2.35. The van der Waals surface area contributed by atoms with E-state index in [0.29, 0.717) is 12.5 Å². The second-order valence-corrected chi connectivity index (χ2v) is 4.83. The number of esters is 1. The molecular weight excluding hydrogens is 168 g/mol. The second kappa shape index (κ2) is 1.92. The molecule has 0 aromatic heterocycles. The molecule has 2 bridgehead atoms. The molecule has 0 saturated carbocycles. The normalized spacial score (nSPS) is 58.2. The van der Waals surface area contributed by atoms with Gasteiger partial charge in [0.1, 0.15) is 5.41 Å². The Morgan fingerprint density at radius 1 is 1.46 bits per heavy atom. The van der Waals surface area contributed by atoms with Crippen LogP contribution in [0.4, 0.5) is 0 Å². The van der Waals surface area contributed by atoms with Gasteiger partial charge in [-0.2, -0.15) is 0 Å². The van der Waals surface area contributed by atoms with Crippen molar-refractivity contribution in [2.24, 2.45) is 11.3 Å². The number of carbonyl (C=O) groups excluding carboxylic acids is 1. The number of ether oxygens (including phenoxy) is 2. The molecular formula is C10H14O3. The summed E-state index contributed by atoms with van der Waals surface area (Å²) in [6.45, 7) is 4.63. The molecule has 0 spiro atoms. The van der Waals surface area contributed by atoms with Crippen molar-refractivity contribution in [2.45, 2.75) is 38.4 Å². The summed E-state index contributed by atoms with van der Waals surface area (Å²) in [7, 11) is 0. The summed E-state index contributed by atoms with van der Waals surface area (Å²) in [5.41, 5.74) is -0.619. The Balaban J connectivity index is 2.13. The summed E-state index contributed by atoms with van der Waals surface area (Å²) in [6, 6.07) is 0. The third-order valence-electron chi connectivity index (χ3n) is 4.42.